The molecule has 0 saturated carbocycles. The molecule has 3 nitrogen and oxygen atoms in total. The van der Waals surface area contributed by atoms with Crippen LogP contribution < -0.4 is 5.32 Å². The lowest BCUT2D eigenvalue weighted by Gasteiger charge is -2.20. The molecule has 0 aliphatic rings. The van der Waals surface area contributed by atoms with Crippen molar-refractivity contribution >= 4 is 29.3 Å². The van der Waals surface area contributed by atoms with Crippen molar-refractivity contribution in [2.45, 2.75) is 24.8 Å². The lowest BCUT2D eigenvalue weighted by Crippen LogP contribution is -2.41. The van der Waals surface area contributed by atoms with E-state index in [0.29, 0.717) is 10.6 Å². The van der Waals surface area contributed by atoms with Crippen LogP contribution in [0.4, 0.5) is 0 Å². The van der Waals surface area contributed by atoms with Crippen LogP contribution in [0.5, 0.6) is 0 Å². The molecule has 1 amide bonds. The number of thioether (sulfide) groups is 1. The van der Waals surface area contributed by atoms with Gasteiger partial charge in [0.1, 0.15) is 0 Å². The maximum Gasteiger partial charge on any atom is 0.253 e. The fraction of sp³-hybridized carbons (Fsp3) is 0.462. The first-order chi connectivity index (χ1) is 8.49. The summed E-state index contributed by atoms with van der Waals surface area (Å²) in [5.74, 6) is -0.0786. The van der Waals surface area contributed by atoms with E-state index in [-0.39, 0.29) is 24.5 Å². The topological polar surface area (TPSA) is 49.3 Å². The highest BCUT2D eigenvalue weighted by Crippen LogP contribution is 2.23. The van der Waals surface area contributed by atoms with E-state index in [4.69, 9.17) is 11.6 Å². The monoisotopic (exact) mass is 287 g/mol. The molecule has 18 heavy (non-hydrogen) atoms. The van der Waals surface area contributed by atoms with Crippen LogP contribution in [0.25, 0.3) is 0 Å². The number of aliphatic hydroxyl groups is 1. The second-order valence-electron chi connectivity index (χ2n) is 4.35. The van der Waals surface area contributed by atoms with Gasteiger partial charge >= 0.3 is 0 Å². The smallest absolute Gasteiger partial charge is 0.253 e. The third kappa shape index (κ3) is 3.90. The number of hydrogen-bond acceptors (Lipinski definition) is 3. The van der Waals surface area contributed by atoms with Crippen molar-refractivity contribution in [1.82, 2.24) is 5.32 Å². The molecular weight excluding hydrogens is 270 g/mol. The Morgan fingerprint density at radius 1 is 1.50 bits per heavy atom. The summed E-state index contributed by atoms with van der Waals surface area (Å²) in [7, 11) is 0. The molecule has 0 aliphatic heterocycles. The molecule has 5 heteroatoms. The van der Waals surface area contributed by atoms with Gasteiger partial charge in [-0.3, -0.25) is 4.79 Å². The molecule has 100 valence electrons. The molecule has 0 bridgehead atoms. The minimum atomic E-state index is -0.258. The minimum absolute atomic E-state index is 0.0801. The van der Waals surface area contributed by atoms with E-state index in [9.17, 15) is 9.90 Å². The number of rotatable bonds is 5. The molecular formula is C13H18ClNO2S. The zero-order valence-electron chi connectivity index (χ0n) is 10.7. The van der Waals surface area contributed by atoms with E-state index in [2.05, 4.69) is 5.32 Å². The first kappa shape index (κ1) is 15.3. The molecule has 0 aromatic heterocycles. The summed E-state index contributed by atoms with van der Waals surface area (Å²) < 4.78 is 0. The number of carbonyl (C=O) groups excluding carboxylic acids is 1. The first-order valence-electron chi connectivity index (χ1n) is 5.74. The SMILES string of the molecule is CSc1ccc(Cl)c(C(=O)NC(CO)C(C)C)c1. The Morgan fingerprint density at radius 2 is 2.17 bits per heavy atom. The van der Waals surface area contributed by atoms with Crippen LogP contribution in [0.2, 0.25) is 5.02 Å². The van der Waals surface area contributed by atoms with Crippen LogP contribution >= 0.6 is 23.4 Å². The first-order valence-corrected chi connectivity index (χ1v) is 7.35. The van der Waals surface area contributed by atoms with E-state index >= 15 is 0 Å². The van der Waals surface area contributed by atoms with Crippen molar-refractivity contribution < 1.29 is 9.90 Å². The van der Waals surface area contributed by atoms with Gasteiger partial charge in [0.25, 0.3) is 5.91 Å². The number of halogens is 1. The molecule has 0 spiro atoms. The summed E-state index contributed by atoms with van der Waals surface area (Å²) in [4.78, 5) is 13.1. The summed E-state index contributed by atoms with van der Waals surface area (Å²) in [5.41, 5.74) is 0.447. The summed E-state index contributed by atoms with van der Waals surface area (Å²) in [6.45, 7) is 3.81. The molecule has 0 fully saturated rings. The Morgan fingerprint density at radius 3 is 2.67 bits per heavy atom. The van der Waals surface area contributed by atoms with Crippen molar-refractivity contribution in [2.75, 3.05) is 12.9 Å². The lowest BCUT2D eigenvalue weighted by atomic mass is 10.0. The summed E-state index contributed by atoms with van der Waals surface area (Å²) in [5, 5.41) is 12.4. The highest BCUT2D eigenvalue weighted by atomic mass is 35.5. The number of aliphatic hydroxyl groups excluding tert-OH is 1. The Balaban J connectivity index is 2.89. The van der Waals surface area contributed by atoms with E-state index in [1.165, 1.54) is 0 Å². The van der Waals surface area contributed by atoms with E-state index in [0.717, 1.165) is 4.90 Å². The van der Waals surface area contributed by atoms with Crippen molar-refractivity contribution in [2.24, 2.45) is 5.92 Å². The van der Waals surface area contributed by atoms with Crippen LogP contribution in [0.1, 0.15) is 24.2 Å². The standard InChI is InChI=1S/C13H18ClNO2S/c1-8(2)12(7-16)15-13(17)10-6-9(18-3)4-5-11(10)14/h4-6,8,12,16H,7H2,1-3H3,(H,15,17). The van der Waals surface area contributed by atoms with Gasteiger partial charge in [0.2, 0.25) is 0 Å². The van der Waals surface area contributed by atoms with Crippen molar-refractivity contribution in [1.29, 1.82) is 0 Å². The summed E-state index contributed by atoms with van der Waals surface area (Å²) in [6, 6.07) is 5.09. The van der Waals surface area contributed by atoms with E-state index < -0.39 is 0 Å². The van der Waals surface area contributed by atoms with E-state index in [1.807, 2.05) is 26.2 Å². The predicted molar refractivity (Wildman–Crippen MR) is 76.4 cm³/mol. The molecule has 1 unspecified atom stereocenters. The van der Waals surface area contributed by atoms with Crippen LogP contribution in [0, 0.1) is 5.92 Å². The highest BCUT2D eigenvalue weighted by molar-refractivity contribution is 7.98. The molecule has 1 aromatic carbocycles. The van der Waals surface area contributed by atoms with Gasteiger partial charge in [0.15, 0.2) is 0 Å². The average Bonchev–Trinajstić information content (AvgIpc) is 2.35. The second-order valence-corrected chi connectivity index (χ2v) is 5.64. The Kier molecular flexibility index (Phi) is 5.99. The average molecular weight is 288 g/mol. The number of nitrogens with one attached hydrogen (secondary N) is 1. The van der Waals surface area contributed by atoms with Gasteiger partial charge in [-0.25, -0.2) is 0 Å². The Hall–Kier alpha value is -0.710. The highest BCUT2D eigenvalue weighted by Gasteiger charge is 2.18. The summed E-state index contributed by atoms with van der Waals surface area (Å²) in [6.07, 6.45) is 1.94. The molecule has 1 atom stereocenters. The maximum atomic E-state index is 12.1. The Bertz CT molecular complexity index is 423. The molecule has 1 aromatic rings. The van der Waals surface area contributed by atoms with Gasteiger partial charge in [-0.05, 0) is 30.4 Å². The normalized spacial score (nSPS) is 12.6. The van der Waals surface area contributed by atoms with Gasteiger partial charge in [-0.15, -0.1) is 11.8 Å². The number of carbonyl (C=O) groups is 1. The van der Waals surface area contributed by atoms with Crippen LogP contribution in [0.3, 0.4) is 0 Å². The Labute approximate surface area is 117 Å². The van der Waals surface area contributed by atoms with Crippen LogP contribution in [-0.4, -0.2) is 29.9 Å². The van der Waals surface area contributed by atoms with Crippen molar-refractivity contribution in [3.63, 3.8) is 0 Å². The van der Waals surface area contributed by atoms with Gasteiger partial charge in [0.05, 0.1) is 23.2 Å². The third-order valence-corrected chi connectivity index (χ3v) is 3.79. The third-order valence-electron chi connectivity index (χ3n) is 2.74. The predicted octanol–water partition coefficient (Wildman–Crippen LogP) is 2.81. The lowest BCUT2D eigenvalue weighted by molar-refractivity contribution is 0.0897. The molecule has 0 saturated heterocycles. The molecule has 2 N–H and O–H groups in total. The van der Waals surface area contributed by atoms with Gasteiger partial charge < -0.3 is 10.4 Å². The fourth-order valence-corrected chi connectivity index (χ4v) is 2.12. The zero-order valence-corrected chi connectivity index (χ0v) is 12.3. The van der Waals surface area contributed by atoms with Gasteiger partial charge in [-0.2, -0.15) is 0 Å². The van der Waals surface area contributed by atoms with E-state index in [1.54, 1.807) is 23.9 Å². The van der Waals surface area contributed by atoms with Crippen LogP contribution in [0.15, 0.2) is 23.1 Å². The number of hydrogen-bond donors (Lipinski definition) is 2. The van der Waals surface area contributed by atoms with Crippen molar-refractivity contribution in [3.05, 3.63) is 28.8 Å². The van der Waals surface area contributed by atoms with Gasteiger partial charge in [-0.1, -0.05) is 25.4 Å². The molecule has 0 radical (unpaired) electrons. The second kappa shape index (κ2) is 7.02. The fourth-order valence-electron chi connectivity index (χ4n) is 1.47. The molecule has 1 rings (SSSR count). The zero-order chi connectivity index (χ0) is 13.7. The minimum Gasteiger partial charge on any atom is -0.394 e. The number of benzene rings is 1. The number of amides is 1. The van der Waals surface area contributed by atoms with Gasteiger partial charge in [0, 0.05) is 4.90 Å². The maximum absolute atomic E-state index is 12.1. The largest absolute Gasteiger partial charge is 0.394 e. The van der Waals surface area contributed by atoms with Crippen molar-refractivity contribution in [3.8, 4) is 0 Å². The molecule has 0 aliphatic carbocycles. The summed E-state index contributed by atoms with van der Waals surface area (Å²) >= 11 is 7.57. The van der Waals surface area contributed by atoms with Crippen LogP contribution in [-0.2, 0) is 0 Å². The molecule has 0 heterocycles. The quantitative estimate of drug-likeness (QED) is 0.819.